The van der Waals surface area contributed by atoms with Gasteiger partial charge in [-0.2, -0.15) is 18.2 Å². The molecule has 55 heavy (non-hydrogen) atoms. The van der Waals surface area contributed by atoms with Crippen LogP contribution in [0, 0.1) is 40.8 Å². The number of phenols is 1. The number of halogens is 6. The molecule has 3 heterocycles. The van der Waals surface area contributed by atoms with Gasteiger partial charge in [0.25, 0.3) is 11.8 Å². The van der Waals surface area contributed by atoms with Crippen LogP contribution in [0.15, 0.2) is 60.2 Å². The number of aromatic nitrogens is 1. The SMILES string of the molecule is COc1cc(C=C[C@H]2C3=CC[C@@H]4C(=O)N(N(C)c5nc(C(F)(F)F)ccc5Cl)C(=O)[C@@H]4[C@@H]3C[C@H]3C(=O)N(c4ccc(F)c(Cl)c4)C(=O)[C@@]23C)cc(OC)c1O. The van der Waals surface area contributed by atoms with Crippen LogP contribution >= 0.6 is 23.2 Å². The highest BCUT2D eigenvalue weighted by molar-refractivity contribution is 6.33. The highest BCUT2D eigenvalue weighted by Crippen LogP contribution is 2.61. The standard InChI is InChI=1S/C38H32Cl2F4N4O7/c1-37-22(9-5-17-13-27(54-3)31(49)28(14-17)55-4)19-7-8-20-30(21(19)16-23(37)34(51)47(36(37)53)18-6-11-26(41)25(40)15-18)35(52)48(33(20)50)46(2)32-24(39)10-12-29(45-32)38(42,43)44/h5-7,9-15,20-23,30,49H,8,16H2,1-4H3/t20-,21+,22-,23-,30-,37-/m0/s1. The third kappa shape index (κ3) is 5.90. The number of carbonyl (C=O) groups is 4. The number of allylic oxidation sites excluding steroid dienone is 3. The van der Waals surface area contributed by atoms with Crippen LogP contribution < -0.4 is 19.4 Å². The molecule has 3 fully saturated rings. The first-order valence-electron chi connectivity index (χ1n) is 17.0. The van der Waals surface area contributed by atoms with Crippen LogP contribution in [0.2, 0.25) is 10.0 Å². The zero-order chi connectivity index (χ0) is 39.9. The van der Waals surface area contributed by atoms with Crippen LogP contribution in [-0.4, -0.2) is 60.0 Å². The number of nitrogens with zero attached hydrogens (tertiary/aromatic N) is 4. The van der Waals surface area contributed by atoms with Gasteiger partial charge < -0.3 is 14.6 Å². The Balaban J connectivity index is 1.32. The third-order valence-corrected chi connectivity index (χ3v) is 11.8. The quantitative estimate of drug-likeness (QED) is 0.151. The van der Waals surface area contributed by atoms with Crippen LogP contribution in [0.3, 0.4) is 0 Å². The first kappa shape index (κ1) is 38.1. The fourth-order valence-electron chi connectivity index (χ4n) is 8.50. The second kappa shape index (κ2) is 13.6. The van der Waals surface area contributed by atoms with Crippen LogP contribution in [-0.2, 0) is 25.4 Å². The number of amides is 4. The van der Waals surface area contributed by atoms with E-state index in [0.717, 1.165) is 27.1 Å². The molecule has 0 unspecified atom stereocenters. The third-order valence-electron chi connectivity index (χ3n) is 11.2. The number of carbonyl (C=O) groups excluding carboxylic acids is 4. The van der Waals surface area contributed by atoms with E-state index >= 15 is 0 Å². The molecule has 2 aliphatic heterocycles. The van der Waals surface area contributed by atoms with E-state index in [0.29, 0.717) is 17.2 Å². The average molecular weight is 804 g/mol. The molecule has 11 nitrogen and oxygen atoms in total. The number of benzene rings is 2. The fraction of sp³-hybridized carbons (Fsp3) is 0.342. The molecule has 2 aromatic carbocycles. The number of imide groups is 2. The summed E-state index contributed by atoms with van der Waals surface area (Å²) in [6.07, 6.45) is 0.313. The van der Waals surface area contributed by atoms with Gasteiger partial charge in [0, 0.05) is 13.0 Å². The number of alkyl halides is 3. The van der Waals surface area contributed by atoms with Crippen molar-refractivity contribution in [3.8, 4) is 17.2 Å². The number of hydrogen-bond acceptors (Lipinski definition) is 9. The summed E-state index contributed by atoms with van der Waals surface area (Å²) in [5, 5.41) is 11.6. The topological polar surface area (TPSA) is 130 Å². The summed E-state index contributed by atoms with van der Waals surface area (Å²) in [5.41, 5.74) is -1.58. The van der Waals surface area contributed by atoms with E-state index in [9.17, 15) is 41.8 Å². The summed E-state index contributed by atoms with van der Waals surface area (Å²) in [7, 11) is 3.93. The first-order chi connectivity index (χ1) is 25.9. The minimum absolute atomic E-state index is 0.0379. The Morgan fingerprint density at radius 2 is 1.64 bits per heavy atom. The van der Waals surface area contributed by atoms with Crippen molar-refractivity contribution < 1.29 is 51.3 Å². The van der Waals surface area contributed by atoms with Crippen molar-refractivity contribution >= 4 is 64.4 Å². The zero-order valence-electron chi connectivity index (χ0n) is 29.5. The molecule has 1 N–H and O–H groups in total. The Bertz CT molecular complexity index is 2210. The number of ether oxygens (including phenoxy) is 2. The second-order valence-electron chi connectivity index (χ2n) is 13.9. The number of anilines is 2. The molecule has 1 saturated carbocycles. The molecule has 0 spiro atoms. The Morgan fingerprint density at radius 1 is 0.964 bits per heavy atom. The van der Waals surface area contributed by atoms with Gasteiger partial charge in [-0.25, -0.2) is 14.3 Å². The molecule has 0 radical (unpaired) electrons. The summed E-state index contributed by atoms with van der Waals surface area (Å²) in [6.45, 7) is 1.64. The smallest absolute Gasteiger partial charge is 0.433 e. The van der Waals surface area contributed by atoms with Crippen LogP contribution in [0.5, 0.6) is 17.2 Å². The lowest BCUT2D eigenvalue weighted by Gasteiger charge is -2.47. The Hall–Kier alpha value is -5.15. The Morgan fingerprint density at radius 3 is 2.25 bits per heavy atom. The predicted octanol–water partition coefficient (Wildman–Crippen LogP) is 7.10. The molecule has 0 bridgehead atoms. The van der Waals surface area contributed by atoms with Gasteiger partial charge in [-0.3, -0.25) is 24.2 Å². The largest absolute Gasteiger partial charge is 0.502 e. The van der Waals surface area contributed by atoms with E-state index in [2.05, 4.69) is 4.98 Å². The summed E-state index contributed by atoms with van der Waals surface area (Å²) in [6, 6.07) is 8.21. The molecule has 17 heteroatoms. The van der Waals surface area contributed by atoms with Gasteiger partial charge in [-0.15, -0.1) is 0 Å². The lowest BCUT2D eigenvalue weighted by Crippen LogP contribution is -2.50. The number of fused-ring (bicyclic) bond motifs is 4. The number of pyridine rings is 1. The van der Waals surface area contributed by atoms with Crippen molar-refractivity contribution in [3.63, 3.8) is 0 Å². The Labute approximate surface area is 321 Å². The first-order valence-corrected chi connectivity index (χ1v) is 17.7. The second-order valence-corrected chi connectivity index (χ2v) is 14.8. The maximum Gasteiger partial charge on any atom is 0.433 e. The number of hydrogen-bond donors (Lipinski definition) is 1. The van der Waals surface area contributed by atoms with E-state index in [1.807, 2.05) is 0 Å². The van der Waals surface area contributed by atoms with Crippen molar-refractivity contribution in [1.82, 2.24) is 9.99 Å². The lowest BCUT2D eigenvalue weighted by atomic mass is 9.52. The molecule has 288 valence electrons. The van der Waals surface area contributed by atoms with Gasteiger partial charge in [0.1, 0.15) is 11.5 Å². The highest BCUT2D eigenvalue weighted by atomic mass is 35.5. The number of rotatable bonds is 7. The summed E-state index contributed by atoms with van der Waals surface area (Å²) >= 11 is 12.3. The van der Waals surface area contributed by atoms with Crippen LogP contribution in [0.1, 0.15) is 31.0 Å². The van der Waals surface area contributed by atoms with Crippen molar-refractivity contribution in [2.75, 3.05) is 31.2 Å². The normalized spacial score (nSPS) is 26.3. The van der Waals surface area contributed by atoms with Crippen molar-refractivity contribution in [3.05, 3.63) is 87.3 Å². The van der Waals surface area contributed by atoms with Crippen LogP contribution in [0.25, 0.3) is 6.08 Å². The van der Waals surface area contributed by atoms with Crippen molar-refractivity contribution in [2.45, 2.75) is 25.9 Å². The zero-order valence-corrected chi connectivity index (χ0v) is 31.0. The molecule has 4 aliphatic rings. The molecular formula is C38H32Cl2F4N4O7. The monoisotopic (exact) mass is 802 g/mol. The molecule has 6 atom stereocenters. The summed E-state index contributed by atoms with van der Waals surface area (Å²) in [5.74, 6) is -8.58. The van der Waals surface area contributed by atoms with Gasteiger partial charge in [0.05, 0.1) is 53.1 Å². The number of hydrazine groups is 1. The predicted molar refractivity (Wildman–Crippen MR) is 192 cm³/mol. The number of phenolic OH excluding ortho intramolecular Hbond substituents is 1. The van der Waals surface area contributed by atoms with E-state index in [4.69, 9.17) is 32.7 Å². The van der Waals surface area contributed by atoms with Crippen molar-refractivity contribution in [1.29, 1.82) is 0 Å². The van der Waals surface area contributed by atoms with Gasteiger partial charge in [0.2, 0.25) is 17.6 Å². The van der Waals surface area contributed by atoms with E-state index in [1.54, 1.807) is 25.2 Å². The highest BCUT2D eigenvalue weighted by Gasteiger charge is 2.67. The molecule has 2 saturated heterocycles. The minimum Gasteiger partial charge on any atom is -0.502 e. The lowest BCUT2D eigenvalue weighted by molar-refractivity contribution is -0.141. The van der Waals surface area contributed by atoms with Gasteiger partial charge >= 0.3 is 6.18 Å². The van der Waals surface area contributed by atoms with Gasteiger partial charge in [0.15, 0.2) is 17.3 Å². The van der Waals surface area contributed by atoms with E-state index in [1.165, 1.54) is 45.5 Å². The summed E-state index contributed by atoms with van der Waals surface area (Å²) < 4.78 is 65.6. The van der Waals surface area contributed by atoms with Gasteiger partial charge in [-0.1, -0.05) is 47.0 Å². The molecule has 3 aromatic rings. The average Bonchev–Trinajstić information content (AvgIpc) is 3.51. The maximum absolute atomic E-state index is 14.6. The van der Waals surface area contributed by atoms with Crippen molar-refractivity contribution in [2.24, 2.45) is 35.0 Å². The molecule has 7 rings (SSSR count). The molecule has 2 aliphatic carbocycles. The fourth-order valence-corrected chi connectivity index (χ4v) is 8.90. The summed E-state index contributed by atoms with van der Waals surface area (Å²) in [4.78, 5) is 61.9. The molecule has 4 amide bonds. The van der Waals surface area contributed by atoms with Gasteiger partial charge in [-0.05, 0) is 73.7 Å². The maximum atomic E-state index is 14.6. The Kier molecular flexibility index (Phi) is 9.40. The molecular weight excluding hydrogens is 771 g/mol. The molecule has 1 aromatic heterocycles. The van der Waals surface area contributed by atoms with Crippen LogP contribution in [0.4, 0.5) is 29.1 Å². The van der Waals surface area contributed by atoms with E-state index < -0.39 is 82.1 Å². The number of methoxy groups -OCH3 is 2. The number of aromatic hydroxyl groups is 1. The minimum atomic E-state index is -4.84. The van der Waals surface area contributed by atoms with E-state index in [-0.39, 0.29) is 45.8 Å².